The lowest BCUT2D eigenvalue weighted by atomic mass is 9.88. The van der Waals surface area contributed by atoms with E-state index in [2.05, 4.69) is 17.6 Å². The minimum atomic E-state index is -0.573. The maximum atomic E-state index is 13.6. The molecule has 17 nitrogen and oxygen atoms in total. The van der Waals surface area contributed by atoms with Crippen LogP contribution < -0.4 is 22.1 Å². The number of anilines is 1. The van der Waals surface area contributed by atoms with Crippen LogP contribution in [0.15, 0.2) is 30.3 Å². The fourth-order valence-electron chi connectivity index (χ4n) is 6.64. The molecule has 2 aromatic carbocycles. The lowest BCUT2D eigenvalue weighted by Crippen LogP contribution is -2.42. The highest BCUT2D eigenvalue weighted by Crippen LogP contribution is 2.35. The van der Waals surface area contributed by atoms with E-state index in [0.717, 1.165) is 17.5 Å². The normalized spacial score (nSPS) is 16.8. The topological polar surface area (TPSA) is 214 Å². The number of imide groups is 1. The zero-order valence-corrected chi connectivity index (χ0v) is 40.2. The molecule has 0 aromatic heterocycles. The lowest BCUT2D eigenvalue weighted by Gasteiger charge is -2.33. The molecular formula is C47H79N5O12. The fourth-order valence-corrected chi connectivity index (χ4v) is 6.64. The third kappa shape index (κ3) is 19.5. The second kappa shape index (κ2) is 27.9. The first-order chi connectivity index (χ1) is 30.3. The summed E-state index contributed by atoms with van der Waals surface area (Å²) in [6, 6.07) is 8.90. The largest absolute Gasteiger partial charge is 0.444 e. The molecule has 1 aliphatic rings. The van der Waals surface area contributed by atoms with E-state index in [9.17, 15) is 14.4 Å². The number of alkyl carbamates (subject to hydrolysis) is 1. The van der Waals surface area contributed by atoms with Crippen LogP contribution in [0.3, 0.4) is 0 Å². The molecule has 0 fully saturated rings. The fraction of sp³-hybridized carbons (Fsp3) is 0.723. The number of nitrogens with zero attached hydrogens (tertiary/aromatic N) is 1. The van der Waals surface area contributed by atoms with Crippen LogP contribution >= 0.6 is 0 Å². The van der Waals surface area contributed by atoms with Gasteiger partial charge in [-0.2, -0.15) is 0 Å². The number of ether oxygens (including phenoxy) is 9. The molecule has 17 heteroatoms. The third-order valence-corrected chi connectivity index (χ3v) is 10.1. The Morgan fingerprint density at radius 3 is 1.70 bits per heavy atom. The van der Waals surface area contributed by atoms with Crippen LogP contribution in [-0.2, 0) is 42.6 Å². The van der Waals surface area contributed by atoms with Gasteiger partial charge >= 0.3 is 6.09 Å². The minimum absolute atomic E-state index is 0.0504. The molecule has 0 spiro atoms. The van der Waals surface area contributed by atoms with Gasteiger partial charge in [0.15, 0.2) is 0 Å². The highest BCUT2D eigenvalue weighted by Gasteiger charge is 2.34. The first kappa shape index (κ1) is 54.8. The number of carbonyl (C=O) groups is 3. The highest BCUT2D eigenvalue weighted by molar-refractivity contribution is 6.26. The van der Waals surface area contributed by atoms with Crippen LogP contribution in [0.4, 0.5) is 10.5 Å². The molecule has 1 heterocycles. The van der Waals surface area contributed by atoms with E-state index in [1.54, 1.807) is 32.9 Å². The van der Waals surface area contributed by atoms with E-state index in [1.165, 1.54) is 4.90 Å². The van der Waals surface area contributed by atoms with E-state index < -0.39 is 17.1 Å². The summed E-state index contributed by atoms with van der Waals surface area (Å²) in [6.07, 6.45) is -0.156. The van der Waals surface area contributed by atoms with Crippen molar-refractivity contribution in [1.29, 1.82) is 0 Å². The lowest BCUT2D eigenvalue weighted by molar-refractivity contribution is -0.110. The predicted octanol–water partition coefficient (Wildman–Crippen LogP) is 5.15. The number of nitrogens with two attached hydrogens (primary N) is 2. The number of nitrogens with one attached hydrogen (secondary N) is 2. The molecule has 0 aliphatic carbocycles. The van der Waals surface area contributed by atoms with Crippen molar-refractivity contribution < 1.29 is 57.0 Å². The number of hydrogen-bond donors (Lipinski definition) is 4. The van der Waals surface area contributed by atoms with Crippen molar-refractivity contribution in [3.63, 3.8) is 0 Å². The molecule has 3 rings (SSSR count). The first-order valence-corrected chi connectivity index (χ1v) is 22.7. The zero-order valence-electron chi connectivity index (χ0n) is 40.2. The van der Waals surface area contributed by atoms with Gasteiger partial charge in [0.25, 0.3) is 11.8 Å². The Hall–Kier alpha value is -3.49. The van der Waals surface area contributed by atoms with Crippen molar-refractivity contribution in [2.24, 2.45) is 16.9 Å². The van der Waals surface area contributed by atoms with E-state index >= 15 is 0 Å². The van der Waals surface area contributed by atoms with Gasteiger partial charge in [-0.1, -0.05) is 19.1 Å². The maximum absolute atomic E-state index is 13.6. The van der Waals surface area contributed by atoms with E-state index in [0.29, 0.717) is 82.5 Å². The van der Waals surface area contributed by atoms with Crippen molar-refractivity contribution in [2.45, 2.75) is 118 Å². The average molecular weight is 906 g/mol. The van der Waals surface area contributed by atoms with Crippen LogP contribution in [0.25, 0.3) is 10.8 Å². The number of carbonyl (C=O) groups excluding carboxylic acids is 3. The molecule has 364 valence electrons. The van der Waals surface area contributed by atoms with Gasteiger partial charge in [0, 0.05) is 57.7 Å². The molecule has 6 N–H and O–H groups in total. The van der Waals surface area contributed by atoms with Gasteiger partial charge in [0.1, 0.15) is 5.60 Å². The van der Waals surface area contributed by atoms with Crippen LogP contribution in [0, 0.1) is 5.41 Å². The summed E-state index contributed by atoms with van der Waals surface area (Å²) in [6.45, 7) is 24.4. The Morgan fingerprint density at radius 1 is 0.672 bits per heavy atom. The van der Waals surface area contributed by atoms with Crippen molar-refractivity contribution in [3.05, 3.63) is 41.5 Å². The van der Waals surface area contributed by atoms with Gasteiger partial charge in [-0.3, -0.25) is 14.5 Å². The van der Waals surface area contributed by atoms with Crippen LogP contribution in [0.2, 0.25) is 0 Å². The quantitative estimate of drug-likeness (QED) is 0.0539. The van der Waals surface area contributed by atoms with Crippen molar-refractivity contribution >= 4 is 34.4 Å². The summed E-state index contributed by atoms with van der Waals surface area (Å²) >= 11 is 0. The SMILES string of the molecule is CCC(COCC(C)OCC(C)N)(COCC(C)OCC(C)N)COCC(C)OCC(C)Nc1ccc2c3c(cccc13)C(=O)N(CCOCCOCCNC(=O)OC(C)(C)C)C2=O. The highest BCUT2D eigenvalue weighted by atomic mass is 16.6. The summed E-state index contributed by atoms with van der Waals surface area (Å²) in [5, 5.41) is 7.54. The van der Waals surface area contributed by atoms with Gasteiger partial charge in [-0.15, -0.1) is 0 Å². The summed E-state index contributed by atoms with van der Waals surface area (Å²) < 4.78 is 52.8. The van der Waals surface area contributed by atoms with Crippen molar-refractivity contribution in [3.8, 4) is 0 Å². The van der Waals surface area contributed by atoms with Gasteiger partial charge in [-0.05, 0) is 86.9 Å². The Morgan fingerprint density at radius 2 is 1.19 bits per heavy atom. The Kier molecular flexibility index (Phi) is 23.9. The maximum Gasteiger partial charge on any atom is 0.407 e. The minimum Gasteiger partial charge on any atom is -0.444 e. The van der Waals surface area contributed by atoms with E-state index in [-0.39, 0.29) is 81.2 Å². The monoisotopic (exact) mass is 906 g/mol. The number of hydrogen-bond acceptors (Lipinski definition) is 15. The standard InChI is InChI=1S/C47H79N5O12/c1-11-47(29-58-26-35(5)61-23-32(2)48,30-59-27-36(6)62-24-33(3)49)31-60-28-37(7)63-25-34(4)51-41-16-15-40-42-38(41)13-12-14-39(42)43(53)52(44(40)54)18-20-57-22-21-56-19-17-50-45(55)64-46(8,9)10/h12-16,32-37,51H,11,17-31,48-49H2,1-10H3,(H,50,55). The van der Waals surface area contributed by atoms with Crippen LogP contribution in [0.5, 0.6) is 0 Å². The van der Waals surface area contributed by atoms with Crippen molar-refractivity contribution in [1.82, 2.24) is 10.2 Å². The molecule has 6 atom stereocenters. The Balaban J connectivity index is 1.48. The zero-order chi connectivity index (χ0) is 47.3. The summed E-state index contributed by atoms with van der Waals surface area (Å²) in [5.41, 5.74) is 12.4. The van der Waals surface area contributed by atoms with Crippen LogP contribution in [0.1, 0.15) is 96.4 Å². The van der Waals surface area contributed by atoms with E-state index in [1.807, 2.05) is 59.7 Å². The molecule has 3 amide bonds. The first-order valence-electron chi connectivity index (χ1n) is 22.7. The second-order valence-corrected chi connectivity index (χ2v) is 18.1. The second-order valence-electron chi connectivity index (χ2n) is 18.1. The van der Waals surface area contributed by atoms with Crippen molar-refractivity contribution in [2.75, 3.05) is 104 Å². The summed E-state index contributed by atoms with van der Waals surface area (Å²) in [4.78, 5) is 40.2. The third-order valence-electron chi connectivity index (χ3n) is 10.1. The van der Waals surface area contributed by atoms with Gasteiger partial charge in [0.05, 0.1) is 111 Å². The molecular weight excluding hydrogens is 827 g/mol. The van der Waals surface area contributed by atoms with E-state index in [4.69, 9.17) is 54.1 Å². The summed E-state index contributed by atoms with van der Waals surface area (Å²) in [5.74, 6) is -0.740. The molecule has 0 radical (unpaired) electrons. The number of benzene rings is 2. The molecule has 2 aromatic rings. The van der Waals surface area contributed by atoms with Gasteiger partial charge in [0.2, 0.25) is 0 Å². The molecule has 1 aliphatic heterocycles. The predicted molar refractivity (Wildman–Crippen MR) is 247 cm³/mol. The summed E-state index contributed by atoms with van der Waals surface area (Å²) in [7, 11) is 0. The Labute approximate surface area is 381 Å². The molecule has 0 bridgehead atoms. The number of rotatable bonds is 33. The average Bonchev–Trinajstić information content (AvgIpc) is 3.23. The van der Waals surface area contributed by atoms with Gasteiger partial charge in [-0.25, -0.2) is 4.79 Å². The Bertz CT molecular complexity index is 1660. The number of amides is 3. The molecule has 0 saturated heterocycles. The molecule has 6 unspecified atom stereocenters. The molecule has 64 heavy (non-hydrogen) atoms. The van der Waals surface area contributed by atoms with Gasteiger partial charge < -0.3 is 64.7 Å². The smallest absolute Gasteiger partial charge is 0.407 e. The molecule has 0 saturated carbocycles. The van der Waals surface area contributed by atoms with Crippen LogP contribution in [-0.4, -0.2) is 164 Å².